The van der Waals surface area contributed by atoms with Gasteiger partial charge < -0.3 is 5.11 Å². The summed E-state index contributed by atoms with van der Waals surface area (Å²) in [6.45, 7) is 8.81. The number of aliphatic hydroxyl groups excluding tert-OH is 1. The molecule has 15 heavy (non-hydrogen) atoms. The lowest BCUT2D eigenvalue weighted by atomic mass is 9.66. The molecule has 0 aromatic heterocycles. The SMILES string of the molecule is CCC1CCCCC1C(C(C)C)C(C)O. The van der Waals surface area contributed by atoms with Gasteiger partial charge >= 0.3 is 0 Å². The summed E-state index contributed by atoms with van der Waals surface area (Å²) in [7, 11) is 0. The largest absolute Gasteiger partial charge is 0.393 e. The maximum absolute atomic E-state index is 9.95. The van der Waals surface area contributed by atoms with Gasteiger partial charge in [-0.2, -0.15) is 0 Å². The minimum Gasteiger partial charge on any atom is -0.393 e. The Hall–Kier alpha value is -0.0400. The Balaban J connectivity index is 2.70. The molecule has 1 N–H and O–H groups in total. The number of rotatable bonds is 4. The van der Waals surface area contributed by atoms with Gasteiger partial charge in [0.2, 0.25) is 0 Å². The van der Waals surface area contributed by atoms with E-state index in [0.29, 0.717) is 11.8 Å². The third-order valence-electron chi connectivity index (χ3n) is 4.31. The van der Waals surface area contributed by atoms with Crippen molar-refractivity contribution in [1.82, 2.24) is 0 Å². The fourth-order valence-electron chi connectivity index (χ4n) is 3.66. The molecule has 0 spiro atoms. The van der Waals surface area contributed by atoms with Gasteiger partial charge in [0.15, 0.2) is 0 Å². The molecule has 0 amide bonds. The van der Waals surface area contributed by atoms with Crippen LogP contribution in [0.2, 0.25) is 0 Å². The minimum atomic E-state index is -0.137. The Kier molecular flexibility index (Phi) is 5.11. The average molecular weight is 212 g/mol. The van der Waals surface area contributed by atoms with Crippen LogP contribution in [0.3, 0.4) is 0 Å². The molecule has 0 aromatic rings. The van der Waals surface area contributed by atoms with Crippen molar-refractivity contribution in [2.45, 2.75) is 65.9 Å². The molecular weight excluding hydrogens is 184 g/mol. The zero-order valence-corrected chi connectivity index (χ0v) is 10.9. The first-order valence-corrected chi connectivity index (χ1v) is 6.76. The normalized spacial score (nSPS) is 31.6. The lowest BCUT2D eigenvalue weighted by Gasteiger charge is -2.40. The molecule has 1 fully saturated rings. The molecule has 0 heterocycles. The van der Waals surface area contributed by atoms with Crippen LogP contribution < -0.4 is 0 Å². The molecule has 1 heteroatoms. The van der Waals surface area contributed by atoms with Gasteiger partial charge in [-0.15, -0.1) is 0 Å². The predicted molar refractivity (Wildman–Crippen MR) is 65.7 cm³/mol. The highest BCUT2D eigenvalue weighted by Gasteiger charge is 2.34. The molecule has 0 radical (unpaired) electrons. The molecule has 1 rings (SSSR count). The van der Waals surface area contributed by atoms with Crippen molar-refractivity contribution in [2.24, 2.45) is 23.7 Å². The quantitative estimate of drug-likeness (QED) is 0.750. The van der Waals surface area contributed by atoms with Crippen molar-refractivity contribution in [3.63, 3.8) is 0 Å². The first-order chi connectivity index (χ1) is 7.07. The Morgan fingerprint density at radius 2 is 1.73 bits per heavy atom. The van der Waals surface area contributed by atoms with Crippen molar-refractivity contribution >= 4 is 0 Å². The standard InChI is InChI=1S/C14H28O/c1-5-12-8-6-7-9-13(12)14(10(2)3)11(4)15/h10-15H,5-9H2,1-4H3. The third kappa shape index (κ3) is 3.21. The average Bonchev–Trinajstić information content (AvgIpc) is 2.17. The highest BCUT2D eigenvalue weighted by molar-refractivity contribution is 4.84. The predicted octanol–water partition coefficient (Wildman–Crippen LogP) is 3.86. The van der Waals surface area contributed by atoms with Crippen LogP contribution in [0.1, 0.15) is 59.8 Å². The summed E-state index contributed by atoms with van der Waals surface area (Å²) in [6.07, 6.45) is 6.66. The van der Waals surface area contributed by atoms with Crippen molar-refractivity contribution in [1.29, 1.82) is 0 Å². The van der Waals surface area contributed by atoms with E-state index in [-0.39, 0.29) is 6.10 Å². The highest BCUT2D eigenvalue weighted by Crippen LogP contribution is 2.41. The van der Waals surface area contributed by atoms with E-state index in [2.05, 4.69) is 20.8 Å². The van der Waals surface area contributed by atoms with E-state index in [9.17, 15) is 5.11 Å². The van der Waals surface area contributed by atoms with Gasteiger partial charge in [-0.1, -0.05) is 46.5 Å². The summed E-state index contributed by atoms with van der Waals surface area (Å²) in [5.74, 6) is 2.75. The van der Waals surface area contributed by atoms with Crippen LogP contribution in [-0.4, -0.2) is 11.2 Å². The van der Waals surface area contributed by atoms with Crippen LogP contribution >= 0.6 is 0 Å². The molecule has 90 valence electrons. The van der Waals surface area contributed by atoms with E-state index in [1.165, 1.54) is 32.1 Å². The summed E-state index contributed by atoms with van der Waals surface area (Å²) in [4.78, 5) is 0. The van der Waals surface area contributed by atoms with Crippen LogP contribution in [0, 0.1) is 23.7 Å². The Bertz CT molecular complexity index is 166. The summed E-state index contributed by atoms with van der Waals surface area (Å²) in [5, 5.41) is 9.95. The van der Waals surface area contributed by atoms with E-state index >= 15 is 0 Å². The molecule has 1 saturated carbocycles. The lowest BCUT2D eigenvalue weighted by Crippen LogP contribution is -2.36. The smallest absolute Gasteiger partial charge is 0.0545 e. The highest BCUT2D eigenvalue weighted by atomic mass is 16.3. The molecule has 4 unspecified atom stereocenters. The molecule has 1 aliphatic carbocycles. The van der Waals surface area contributed by atoms with E-state index < -0.39 is 0 Å². The second-order valence-corrected chi connectivity index (χ2v) is 5.68. The molecule has 0 bridgehead atoms. The topological polar surface area (TPSA) is 20.2 Å². The van der Waals surface area contributed by atoms with Gasteiger partial charge in [0, 0.05) is 0 Å². The minimum absolute atomic E-state index is 0.137. The van der Waals surface area contributed by atoms with Crippen LogP contribution in [0.4, 0.5) is 0 Å². The number of aliphatic hydroxyl groups is 1. The maximum Gasteiger partial charge on any atom is 0.0545 e. The lowest BCUT2D eigenvalue weighted by molar-refractivity contribution is 0.0166. The van der Waals surface area contributed by atoms with Crippen molar-refractivity contribution in [3.8, 4) is 0 Å². The second kappa shape index (κ2) is 5.89. The molecule has 0 aliphatic heterocycles. The summed E-state index contributed by atoms with van der Waals surface area (Å²) < 4.78 is 0. The van der Waals surface area contributed by atoms with Gasteiger partial charge in [0.1, 0.15) is 0 Å². The Morgan fingerprint density at radius 3 is 2.20 bits per heavy atom. The van der Waals surface area contributed by atoms with Crippen LogP contribution in [0.5, 0.6) is 0 Å². The van der Waals surface area contributed by atoms with Gasteiger partial charge in [0.25, 0.3) is 0 Å². The van der Waals surface area contributed by atoms with E-state index in [0.717, 1.165) is 11.8 Å². The first-order valence-electron chi connectivity index (χ1n) is 6.76. The first kappa shape index (κ1) is 13.0. The zero-order valence-electron chi connectivity index (χ0n) is 10.9. The summed E-state index contributed by atoms with van der Waals surface area (Å²) in [6, 6.07) is 0. The Morgan fingerprint density at radius 1 is 1.13 bits per heavy atom. The second-order valence-electron chi connectivity index (χ2n) is 5.68. The molecule has 0 aromatic carbocycles. The van der Waals surface area contributed by atoms with Gasteiger partial charge in [-0.25, -0.2) is 0 Å². The molecule has 1 aliphatic rings. The van der Waals surface area contributed by atoms with E-state index in [1.54, 1.807) is 0 Å². The maximum atomic E-state index is 9.95. The van der Waals surface area contributed by atoms with Crippen LogP contribution in [0.15, 0.2) is 0 Å². The Labute approximate surface area is 95.3 Å². The fraction of sp³-hybridized carbons (Fsp3) is 1.00. The summed E-state index contributed by atoms with van der Waals surface area (Å²) in [5.41, 5.74) is 0. The molecule has 4 atom stereocenters. The van der Waals surface area contributed by atoms with Crippen molar-refractivity contribution < 1.29 is 5.11 Å². The number of hydrogen-bond donors (Lipinski definition) is 1. The number of hydrogen-bond acceptors (Lipinski definition) is 1. The van der Waals surface area contributed by atoms with Crippen LogP contribution in [-0.2, 0) is 0 Å². The van der Waals surface area contributed by atoms with Gasteiger partial charge in [-0.05, 0) is 37.0 Å². The van der Waals surface area contributed by atoms with Gasteiger partial charge in [-0.3, -0.25) is 0 Å². The monoisotopic (exact) mass is 212 g/mol. The zero-order chi connectivity index (χ0) is 11.4. The van der Waals surface area contributed by atoms with Gasteiger partial charge in [0.05, 0.1) is 6.10 Å². The fourth-order valence-corrected chi connectivity index (χ4v) is 3.66. The third-order valence-corrected chi connectivity index (χ3v) is 4.31. The summed E-state index contributed by atoms with van der Waals surface area (Å²) >= 11 is 0. The van der Waals surface area contributed by atoms with Crippen molar-refractivity contribution in [2.75, 3.05) is 0 Å². The molecule has 0 saturated heterocycles. The van der Waals surface area contributed by atoms with E-state index in [4.69, 9.17) is 0 Å². The van der Waals surface area contributed by atoms with E-state index in [1.807, 2.05) is 6.92 Å². The molecular formula is C14H28O. The van der Waals surface area contributed by atoms with Crippen molar-refractivity contribution in [3.05, 3.63) is 0 Å². The van der Waals surface area contributed by atoms with Crippen LogP contribution in [0.25, 0.3) is 0 Å². The molecule has 1 nitrogen and oxygen atoms in total.